The highest BCUT2D eigenvalue weighted by molar-refractivity contribution is 7.84. The van der Waals surface area contributed by atoms with Crippen LogP contribution in [0, 0.1) is 0 Å². The second kappa shape index (κ2) is 1.93. The molecule has 38 valence electrons. The summed E-state index contributed by atoms with van der Waals surface area (Å²) >= 11 is 3.93. The van der Waals surface area contributed by atoms with Gasteiger partial charge in [0.05, 0.1) is 0 Å². The van der Waals surface area contributed by atoms with Gasteiger partial charge in [0, 0.05) is 4.91 Å². The van der Waals surface area contributed by atoms with Crippen LogP contribution in [0.5, 0.6) is 0 Å². The van der Waals surface area contributed by atoms with Gasteiger partial charge in [-0.25, -0.2) is 0 Å². The first-order valence-electron chi connectivity index (χ1n) is 1.77. The molecule has 0 spiro atoms. The van der Waals surface area contributed by atoms with Crippen LogP contribution >= 0.6 is 12.6 Å². The van der Waals surface area contributed by atoms with E-state index in [9.17, 15) is 0 Å². The summed E-state index contributed by atoms with van der Waals surface area (Å²) in [4.78, 5) is 9.45. The van der Waals surface area contributed by atoms with Crippen LogP contribution in [0.15, 0.2) is 23.5 Å². The molecule has 1 rings (SSSR count). The van der Waals surface area contributed by atoms with Crippen LogP contribution in [0.1, 0.15) is 0 Å². The average molecular weight is 116 g/mol. The Hall–Kier alpha value is -0.570. The summed E-state index contributed by atoms with van der Waals surface area (Å²) in [6.45, 7) is 0. The van der Waals surface area contributed by atoms with E-state index in [0.29, 0.717) is 0 Å². The molecule has 0 aliphatic carbocycles. The molecule has 2 nitrogen and oxygen atoms in total. The Labute approximate surface area is 46.8 Å². The van der Waals surface area contributed by atoms with Gasteiger partial charge in [-0.3, -0.25) is 9.78 Å². The predicted molar refractivity (Wildman–Crippen MR) is 28.4 cm³/mol. The molecule has 0 bridgehead atoms. The van der Waals surface area contributed by atoms with Gasteiger partial charge in [0.15, 0.2) is 6.26 Å². The van der Waals surface area contributed by atoms with Crippen LogP contribution in [0.3, 0.4) is 0 Å². The monoisotopic (exact) mass is 116 g/mol. The summed E-state index contributed by atoms with van der Waals surface area (Å²) < 4.78 is 0. The Bertz CT molecular complexity index is 117. The Kier molecular flexibility index (Phi) is 1.26. The van der Waals surface area contributed by atoms with Crippen LogP contribution in [0.2, 0.25) is 0 Å². The Morgan fingerprint density at radius 1 is 1.43 bits per heavy atom. The van der Waals surface area contributed by atoms with Crippen molar-refractivity contribution in [3.63, 3.8) is 0 Å². The lowest BCUT2D eigenvalue weighted by Crippen LogP contribution is -1.82. The molecule has 0 atom stereocenters. The van der Waals surface area contributed by atoms with E-state index in [1.807, 2.05) is 0 Å². The summed E-state index contributed by atoms with van der Waals surface area (Å²) in [5.41, 5.74) is 0. The van der Waals surface area contributed by atoms with Gasteiger partial charge < -0.3 is 0 Å². The zero-order valence-corrected chi connectivity index (χ0v) is 4.39. The molecule has 0 N–H and O–H groups in total. The van der Waals surface area contributed by atoms with Crippen molar-refractivity contribution in [3.05, 3.63) is 23.5 Å². The summed E-state index contributed by atoms with van der Waals surface area (Å²) in [6.07, 6.45) is 4.51. The van der Waals surface area contributed by atoms with Gasteiger partial charge in [-0.15, -0.1) is 12.6 Å². The molecule has 1 heterocycles. The summed E-state index contributed by atoms with van der Waals surface area (Å²) in [7, 11) is 0. The standard InChI is InChI=1S/C4H4O2S/c7-4-1-2-5-6-3-4/h1-3,7H. The van der Waals surface area contributed by atoms with E-state index in [0.717, 1.165) is 4.91 Å². The topological polar surface area (TPSA) is 18.5 Å². The minimum absolute atomic E-state index is 0.756. The van der Waals surface area contributed by atoms with E-state index < -0.39 is 0 Å². The van der Waals surface area contributed by atoms with Crippen molar-refractivity contribution in [3.8, 4) is 0 Å². The molecular formula is C4H4O2S. The SMILES string of the molecule is SC1=COOC=C1. The normalized spacial score (nSPS) is 17.0. The molecule has 0 saturated heterocycles. The van der Waals surface area contributed by atoms with Crippen LogP contribution in [0.4, 0.5) is 0 Å². The second-order valence-electron chi connectivity index (χ2n) is 1.04. The van der Waals surface area contributed by atoms with Crippen molar-refractivity contribution in [1.29, 1.82) is 0 Å². The molecule has 1 aliphatic rings. The molecule has 0 aromatic rings. The Morgan fingerprint density at radius 2 is 2.29 bits per heavy atom. The van der Waals surface area contributed by atoms with E-state index >= 15 is 0 Å². The molecule has 3 heteroatoms. The minimum atomic E-state index is 0.756. The van der Waals surface area contributed by atoms with Crippen molar-refractivity contribution in [2.24, 2.45) is 0 Å². The first-order chi connectivity index (χ1) is 3.39. The molecule has 0 aromatic carbocycles. The maximum Gasteiger partial charge on any atom is 0.156 e. The van der Waals surface area contributed by atoms with Gasteiger partial charge in [0.1, 0.15) is 6.26 Å². The van der Waals surface area contributed by atoms with E-state index in [1.54, 1.807) is 6.08 Å². The average Bonchev–Trinajstić information content (AvgIpc) is 1.69. The largest absolute Gasteiger partial charge is 0.298 e. The van der Waals surface area contributed by atoms with Gasteiger partial charge in [-0.05, 0) is 6.08 Å². The lowest BCUT2D eigenvalue weighted by atomic mass is 10.6. The minimum Gasteiger partial charge on any atom is -0.298 e. The molecule has 0 saturated carbocycles. The number of hydrogen-bond donors (Lipinski definition) is 1. The molecule has 0 amide bonds. The third-order valence-corrected chi connectivity index (χ3v) is 0.773. The molecule has 0 unspecified atom stereocenters. The van der Waals surface area contributed by atoms with Crippen molar-refractivity contribution in [1.82, 2.24) is 0 Å². The van der Waals surface area contributed by atoms with Crippen molar-refractivity contribution >= 4 is 12.6 Å². The van der Waals surface area contributed by atoms with Crippen LogP contribution in [0.25, 0.3) is 0 Å². The van der Waals surface area contributed by atoms with Crippen molar-refractivity contribution < 1.29 is 9.78 Å². The van der Waals surface area contributed by atoms with E-state index in [-0.39, 0.29) is 0 Å². The quantitative estimate of drug-likeness (QED) is 0.379. The van der Waals surface area contributed by atoms with Gasteiger partial charge >= 0.3 is 0 Å². The van der Waals surface area contributed by atoms with E-state index in [4.69, 9.17) is 0 Å². The summed E-state index contributed by atoms with van der Waals surface area (Å²) in [5.74, 6) is 0. The maximum absolute atomic E-state index is 4.36. The number of hydrogen-bond acceptors (Lipinski definition) is 3. The van der Waals surface area contributed by atoms with E-state index in [1.165, 1.54) is 12.5 Å². The van der Waals surface area contributed by atoms with Gasteiger partial charge in [0.2, 0.25) is 0 Å². The fourth-order valence-electron chi connectivity index (χ4n) is 0.246. The predicted octanol–water partition coefficient (Wildman–Crippen LogP) is 1.23. The molecule has 7 heavy (non-hydrogen) atoms. The molecule has 0 fully saturated rings. The maximum atomic E-state index is 4.36. The number of thiol groups is 1. The smallest absolute Gasteiger partial charge is 0.156 e. The molecule has 1 aliphatic heterocycles. The highest BCUT2D eigenvalue weighted by Gasteiger charge is 1.88. The van der Waals surface area contributed by atoms with Crippen molar-refractivity contribution in [2.45, 2.75) is 0 Å². The highest BCUT2D eigenvalue weighted by atomic mass is 32.1. The zero-order chi connectivity index (χ0) is 5.11. The van der Waals surface area contributed by atoms with Crippen LogP contribution in [-0.4, -0.2) is 0 Å². The Balaban J connectivity index is 2.58. The third kappa shape index (κ3) is 1.16. The first kappa shape index (κ1) is 4.59. The molecular weight excluding hydrogens is 112 g/mol. The zero-order valence-electron chi connectivity index (χ0n) is 3.50. The Morgan fingerprint density at radius 3 is 2.57 bits per heavy atom. The number of allylic oxidation sites excluding steroid dienone is 1. The lowest BCUT2D eigenvalue weighted by molar-refractivity contribution is -0.198. The first-order valence-corrected chi connectivity index (χ1v) is 2.22. The van der Waals surface area contributed by atoms with Gasteiger partial charge in [-0.2, -0.15) is 0 Å². The fourth-order valence-corrected chi connectivity index (χ4v) is 0.350. The molecule has 0 aromatic heterocycles. The van der Waals surface area contributed by atoms with Crippen LogP contribution in [-0.2, 0) is 9.78 Å². The third-order valence-electron chi connectivity index (χ3n) is 0.519. The summed E-state index contributed by atoms with van der Waals surface area (Å²) in [6, 6.07) is 0. The van der Waals surface area contributed by atoms with Gasteiger partial charge in [-0.1, -0.05) is 0 Å². The fraction of sp³-hybridized carbons (Fsp3) is 0. The lowest BCUT2D eigenvalue weighted by Gasteiger charge is -1.99. The van der Waals surface area contributed by atoms with E-state index in [2.05, 4.69) is 22.4 Å². The second-order valence-corrected chi connectivity index (χ2v) is 1.55. The van der Waals surface area contributed by atoms with Gasteiger partial charge in [0.25, 0.3) is 0 Å². The van der Waals surface area contributed by atoms with Crippen LogP contribution < -0.4 is 0 Å². The number of rotatable bonds is 0. The summed E-state index contributed by atoms with van der Waals surface area (Å²) in [5, 5.41) is 0. The highest BCUT2D eigenvalue weighted by Crippen LogP contribution is 2.06. The van der Waals surface area contributed by atoms with Crippen molar-refractivity contribution in [2.75, 3.05) is 0 Å². The molecule has 0 radical (unpaired) electrons.